The van der Waals surface area contributed by atoms with Gasteiger partial charge >= 0.3 is 0 Å². The van der Waals surface area contributed by atoms with Crippen LogP contribution in [0.25, 0.3) is 22.6 Å². The molecule has 1 aromatic heterocycles. The molecule has 146 valence electrons. The van der Waals surface area contributed by atoms with Crippen LogP contribution in [0.1, 0.15) is 12.8 Å². The Bertz CT molecular complexity index is 1130. The van der Waals surface area contributed by atoms with E-state index in [0.717, 1.165) is 11.3 Å². The van der Waals surface area contributed by atoms with Gasteiger partial charge in [-0.2, -0.15) is 0 Å². The van der Waals surface area contributed by atoms with Crippen molar-refractivity contribution in [3.63, 3.8) is 0 Å². The number of anilines is 1. The maximum absolute atomic E-state index is 12.2. The van der Waals surface area contributed by atoms with Crippen molar-refractivity contribution in [3.05, 3.63) is 77.8 Å². The molecule has 5 nitrogen and oxygen atoms in total. The highest BCUT2D eigenvalue weighted by Gasteiger charge is 2.10. The Labute approximate surface area is 173 Å². The highest BCUT2D eigenvalue weighted by Crippen LogP contribution is 2.27. The number of carbonyl (C=O) groups is 1. The lowest BCUT2D eigenvalue weighted by molar-refractivity contribution is -0.116. The van der Waals surface area contributed by atoms with Gasteiger partial charge in [-0.3, -0.25) is 4.79 Å². The van der Waals surface area contributed by atoms with Crippen LogP contribution in [0.3, 0.4) is 0 Å². The fraction of sp³-hybridized carbons (Fsp3) is 0.130. The van der Waals surface area contributed by atoms with Crippen molar-refractivity contribution in [1.29, 1.82) is 0 Å². The van der Waals surface area contributed by atoms with E-state index in [1.165, 1.54) is 0 Å². The molecule has 0 unspecified atom stereocenters. The van der Waals surface area contributed by atoms with Crippen LogP contribution in [0.5, 0.6) is 5.75 Å². The Kier molecular flexibility index (Phi) is 5.77. The largest absolute Gasteiger partial charge is 0.494 e. The molecular formula is C23H19ClN2O3. The van der Waals surface area contributed by atoms with E-state index in [9.17, 15) is 4.79 Å². The molecular weight excluding hydrogens is 388 g/mol. The van der Waals surface area contributed by atoms with Gasteiger partial charge in [-0.15, -0.1) is 0 Å². The normalized spacial score (nSPS) is 10.8. The summed E-state index contributed by atoms with van der Waals surface area (Å²) in [6.45, 7) is 0.489. The third kappa shape index (κ3) is 4.95. The zero-order valence-electron chi connectivity index (χ0n) is 15.6. The van der Waals surface area contributed by atoms with Crippen molar-refractivity contribution >= 4 is 34.3 Å². The molecule has 0 bridgehead atoms. The van der Waals surface area contributed by atoms with Gasteiger partial charge in [0.1, 0.15) is 11.3 Å². The number of amides is 1. The molecule has 1 amide bonds. The predicted molar refractivity (Wildman–Crippen MR) is 114 cm³/mol. The van der Waals surface area contributed by atoms with Crippen molar-refractivity contribution in [2.24, 2.45) is 0 Å². The fourth-order valence-corrected chi connectivity index (χ4v) is 3.10. The number of carbonyl (C=O) groups excluding carboxylic acids is 1. The Hall–Kier alpha value is -3.31. The Morgan fingerprint density at radius 2 is 1.90 bits per heavy atom. The molecule has 0 aliphatic carbocycles. The highest BCUT2D eigenvalue weighted by atomic mass is 35.5. The van der Waals surface area contributed by atoms with E-state index in [4.69, 9.17) is 20.8 Å². The number of nitrogens with one attached hydrogen (secondary N) is 1. The first-order valence-corrected chi connectivity index (χ1v) is 9.69. The second kappa shape index (κ2) is 8.80. The number of halogens is 1. The monoisotopic (exact) mass is 406 g/mol. The molecule has 0 aliphatic rings. The minimum atomic E-state index is -0.0698. The van der Waals surface area contributed by atoms with E-state index in [2.05, 4.69) is 10.3 Å². The molecule has 4 rings (SSSR count). The SMILES string of the molecule is O=C(CCCOc1ccccc1)Nc1ccc2oc(-c3cccc(Cl)c3)nc2c1. The number of rotatable bonds is 7. The second-order valence-corrected chi connectivity index (χ2v) is 6.96. The van der Waals surface area contributed by atoms with Crippen LogP contribution in [-0.4, -0.2) is 17.5 Å². The molecule has 0 atom stereocenters. The Morgan fingerprint density at radius 1 is 1.03 bits per heavy atom. The zero-order chi connectivity index (χ0) is 20.1. The average Bonchev–Trinajstić information content (AvgIpc) is 3.15. The average molecular weight is 407 g/mol. The van der Waals surface area contributed by atoms with Crippen LogP contribution < -0.4 is 10.1 Å². The molecule has 0 radical (unpaired) electrons. The molecule has 0 fully saturated rings. The van der Waals surface area contributed by atoms with Gasteiger partial charge in [-0.25, -0.2) is 4.98 Å². The number of hydrogen-bond donors (Lipinski definition) is 1. The van der Waals surface area contributed by atoms with Crippen molar-refractivity contribution in [1.82, 2.24) is 4.98 Å². The standard InChI is InChI=1S/C23H19ClN2O3/c24-17-7-4-6-16(14-17)23-26-20-15-18(11-12-21(20)29-23)25-22(27)10-5-13-28-19-8-2-1-3-9-19/h1-4,6-9,11-12,14-15H,5,10,13H2,(H,25,27). The molecule has 0 saturated heterocycles. The number of oxazole rings is 1. The molecule has 1 N–H and O–H groups in total. The van der Waals surface area contributed by atoms with E-state index < -0.39 is 0 Å². The minimum Gasteiger partial charge on any atom is -0.494 e. The lowest BCUT2D eigenvalue weighted by atomic mass is 10.2. The van der Waals surface area contributed by atoms with E-state index >= 15 is 0 Å². The number of nitrogens with zero attached hydrogens (tertiary/aromatic N) is 1. The summed E-state index contributed by atoms with van der Waals surface area (Å²) >= 11 is 6.04. The predicted octanol–water partition coefficient (Wildman–Crippen LogP) is 5.95. The first kappa shape index (κ1) is 19.0. The van der Waals surface area contributed by atoms with E-state index in [0.29, 0.717) is 47.1 Å². The van der Waals surface area contributed by atoms with Gasteiger partial charge in [-0.05, 0) is 55.0 Å². The molecule has 6 heteroatoms. The molecule has 29 heavy (non-hydrogen) atoms. The zero-order valence-corrected chi connectivity index (χ0v) is 16.4. The molecule has 0 spiro atoms. The summed E-state index contributed by atoms with van der Waals surface area (Å²) in [5.74, 6) is 1.23. The van der Waals surface area contributed by atoms with E-state index in [-0.39, 0.29) is 5.91 Å². The van der Waals surface area contributed by atoms with Crippen LogP contribution >= 0.6 is 11.6 Å². The fourth-order valence-electron chi connectivity index (χ4n) is 2.91. The number of benzene rings is 3. The molecule has 3 aromatic carbocycles. The summed E-state index contributed by atoms with van der Waals surface area (Å²) in [4.78, 5) is 16.7. The van der Waals surface area contributed by atoms with Crippen molar-refractivity contribution in [2.45, 2.75) is 12.8 Å². The van der Waals surface area contributed by atoms with Crippen LogP contribution in [0.4, 0.5) is 5.69 Å². The lowest BCUT2D eigenvalue weighted by Crippen LogP contribution is -2.12. The molecule has 1 heterocycles. The van der Waals surface area contributed by atoms with Crippen LogP contribution in [-0.2, 0) is 4.79 Å². The summed E-state index contributed by atoms with van der Waals surface area (Å²) in [6, 6.07) is 22.3. The number of fused-ring (bicyclic) bond motifs is 1. The van der Waals surface area contributed by atoms with Crippen LogP contribution in [0, 0.1) is 0 Å². The van der Waals surface area contributed by atoms with E-state index in [1.807, 2.05) is 42.5 Å². The third-order valence-electron chi connectivity index (χ3n) is 4.30. The van der Waals surface area contributed by atoms with E-state index in [1.54, 1.807) is 30.3 Å². The van der Waals surface area contributed by atoms with Crippen molar-refractivity contribution < 1.29 is 13.9 Å². The lowest BCUT2D eigenvalue weighted by Gasteiger charge is -2.07. The van der Waals surface area contributed by atoms with Gasteiger partial charge in [-0.1, -0.05) is 35.9 Å². The van der Waals surface area contributed by atoms with Crippen molar-refractivity contribution in [2.75, 3.05) is 11.9 Å². The summed E-state index contributed by atoms with van der Waals surface area (Å²) in [7, 11) is 0. The molecule has 0 aliphatic heterocycles. The Balaban J connectivity index is 1.35. The maximum Gasteiger partial charge on any atom is 0.227 e. The Morgan fingerprint density at radius 3 is 2.72 bits per heavy atom. The summed E-state index contributed by atoms with van der Waals surface area (Å²) in [5, 5.41) is 3.51. The number of aromatic nitrogens is 1. The summed E-state index contributed by atoms with van der Waals surface area (Å²) in [6.07, 6.45) is 1.00. The topological polar surface area (TPSA) is 64.4 Å². The second-order valence-electron chi connectivity index (χ2n) is 6.53. The summed E-state index contributed by atoms with van der Waals surface area (Å²) in [5.41, 5.74) is 2.80. The first-order valence-electron chi connectivity index (χ1n) is 9.32. The highest BCUT2D eigenvalue weighted by molar-refractivity contribution is 6.30. The summed E-state index contributed by atoms with van der Waals surface area (Å²) < 4.78 is 11.4. The maximum atomic E-state index is 12.2. The van der Waals surface area contributed by atoms with Gasteiger partial charge in [0.25, 0.3) is 0 Å². The smallest absolute Gasteiger partial charge is 0.227 e. The quantitative estimate of drug-likeness (QED) is 0.385. The van der Waals surface area contributed by atoms with Gasteiger partial charge in [0, 0.05) is 22.7 Å². The number of hydrogen-bond acceptors (Lipinski definition) is 4. The number of ether oxygens (including phenoxy) is 1. The van der Waals surface area contributed by atoms with Crippen LogP contribution in [0.15, 0.2) is 77.2 Å². The van der Waals surface area contributed by atoms with Gasteiger partial charge in [0.05, 0.1) is 6.61 Å². The third-order valence-corrected chi connectivity index (χ3v) is 4.54. The number of para-hydroxylation sites is 1. The van der Waals surface area contributed by atoms with Gasteiger partial charge in [0.2, 0.25) is 11.8 Å². The van der Waals surface area contributed by atoms with Crippen molar-refractivity contribution in [3.8, 4) is 17.2 Å². The molecule has 0 saturated carbocycles. The van der Waals surface area contributed by atoms with Gasteiger partial charge < -0.3 is 14.5 Å². The minimum absolute atomic E-state index is 0.0698. The molecule has 4 aromatic rings. The van der Waals surface area contributed by atoms with Crippen LogP contribution in [0.2, 0.25) is 5.02 Å². The van der Waals surface area contributed by atoms with Gasteiger partial charge in [0.15, 0.2) is 5.58 Å². The first-order chi connectivity index (χ1) is 14.2.